The molecule has 2 amide bonds. The van der Waals surface area contributed by atoms with E-state index in [1.807, 2.05) is 31.2 Å². The van der Waals surface area contributed by atoms with Crippen LogP contribution in [0.2, 0.25) is 0 Å². The molecule has 0 spiro atoms. The summed E-state index contributed by atoms with van der Waals surface area (Å²) in [6.45, 7) is 2.17. The van der Waals surface area contributed by atoms with Crippen molar-refractivity contribution >= 4 is 46.3 Å². The molecule has 2 aliphatic rings. The maximum absolute atomic E-state index is 13.9. The minimum absolute atomic E-state index is 0.177. The van der Waals surface area contributed by atoms with Gasteiger partial charge < -0.3 is 9.72 Å². The van der Waals surface area contributed by atoms with Crippen molar-refractivity contribution in [2.45, 2.75) is 29.7 Å². The second kappa shape index (κ2) is 9.83. The van der Waals surface area contributed by atoms with Crippen LogP contribution >= 0.6 is 23.1 Å². The summed E-state index contributed by atoms with van der Waals surface area (Å²) in [7, 11) is 0. The normalized spacial score (nSPS) is 20.0. The number of nitro groups is 1. The topological polar surface area (TPSA) is 123 Å². The molecule has 1 fully saturated rings. The van der Waals surface area contributed by atoms with Gasteiger partial charge in [-0.25, -0.2) is 4.90 Å². The summed E-state index contributed by atoms with van der Waals surface area (Å²) >= 11 is 2.10. The van der Waals surface area contributed by atoms with Crippen molar-refractivity contribution in [3.05, 3.63) is 114 Å². The minimum Gasteiger partial charge on any atom is -0.489 e. The zero-order valence-corrected chi connectivity index (χ0v) is 22.2. The number of nitro benzene ring substituents is 1. The van der Waals surface area contributed by atoms with Crippen molar-refractivity contribution in [1.82, 2.24) is 4.98 Å². The number of amides is 2. The number of carbonyl (C=O) groups is 2. The van der Waals surface area contributed by atoms with Crippen molar-refractivity contribution < 1.29 is 19.2 Å². The number of thiazole rings is 1. The fourth-order valence-corrected chi connectivity index (χ4v) is 7.68. The number of non-ortho nitro benzene ring substituents is 1. The Bertz CT molecular complexity index is 1680. The zero-order valence-electron chi connectivity index (χ0n) is 20.5. The van der Waals surface area contributed by atoms with Crippen LogP contribution in [-0.4, -0.2) is 27.0 Å². The number of para-hydroxylation sites is 1. The zero-order chi connectivity index (χ0) is 27.3. The Hall–Kier alpha value is -4.22. The van der Waals surface area contributed by atoms with Gasteiger partial charge in [0, 0.05) is 28.5 Å². The van der Waals surface area contributed by atoms with Crippen molar-refractivity contribution in [3.8, 4) is 5.75 Å². The SMILES string of the molecule is Cc1cccc(COc2ccc([N+](=O)[O-])cc2[C@@H]2c3sc(=O)[nH]c3S[C@H]3C(=O)N(c4ccccc4)C(=O)[C@@H]23)c1. The van der Waals surface area contributed by atoms with Crippen molar-refractivity contribution in [2.75, 3.05) is 4.90 Å². The molecule has 6 rings (SSSR count). The minimum atomic E-state index is -0.884. The van der Waals surface area contributed by atoms with Gasteiger partial charge in [-0.15, -0.1) is 0 Å². The van der Waals surface area contributed by atoms with Gasteiger partial charge in [0.2, 0.25) is 11.8 Å². The molecule has 3 heterocycles. The summed E-state index contributed by atoms with van der Waals surface area (Å²) in [5.41, 5.74) is 2.63. The van der Waals surface area contributed by atoms with Crippen molar-refractivity contribution in [3.63, 3.8) is 0 Å². The van der Waals surface area contributed by atoms with Crippen molar-refractivity contribution in [2.24, 2.45) is 5.92 Å². The Labute approximate surface area is 230 Å². The number of nitrogens with one attached hydrogen (secondary N) is 1. The number of benzene rings is 3. The maximum atomic E-state index is 13.9. The Morgan fingerprint density at radius 1 is 1.00 bits per heavy atom. The van der Waals surface area contributed by atoms with Gasteiger partial charge in [0.25, 0.3) is 5.69 Å². The highest BCUT2D eigenvalue weighted by molar-refractivity contribution is 8.00. The number of rotatable bonds is 6. The van der Waals surface area contributed by atoms with Gasteiger partial charge in [-0.2, -0.15) is 0 Å². The van der Waals surface area contributed by atoms with E-state index >= 15 is 0 Å². The van der Waals surface area contributed by atoms with Crippen LogP contribution in [-0.2, 0) is 16.2 Å². The number of fused-ring (bicyclic) bond motifs is 2. The second-order valence-corrected chi connectivity index (χ2v) is 11.5. The lowest BCUT2D eigenvalue weighted by Gasteiger charge is -2.30. The summed E-state index contributed by atoms with van der Waals surface area (Å²) in [6.07, 6.45) is 0. The van der Waals surface area contributed by atoms with Crippen LogP contribution in [0.5, 0.6) is 5.75 Å². The number of anilines is 1. The van der Waals surface area contributed by atoms with E-state index in [1.165, 1.54) is 23.1 Å². The first-order valence-corrected chi connectivity index (χ1v) is 13.8. The van der Waals surface area contributed by atoms with Gasteiger partial charge in [0.1, 0.15) is 17.6 Å². The molecule has 39 heavy (non-hydrogen) atoms. The third kappa shape index (κ3) is 4.43. The van der Waals surface area contributed by atoms with E-state index in [1.54, 1.807) is 30.3 Å². The highest BCUT2D eigenvalue weighted by Gasteiger charge is 2.57. The number of ether oxygens (including phenoxy) is 1. The van der Waals surface area contributed by atoms with Crippen LogP contribution in [0.15, 0.2) is 82.6 Å². The Balaban J connectivity index is 1.48. The second-order valence-electron chi connectivity index (χ2n) is 9.35. The quantitative estimate of drug-likeness (QED) is 0.200. The molecular formula is C28H21N3O6S2. The van der Waals surface area contributed by atoms with Crippen LogP contribution in [0.3, 0.4) is 0 Å². The molecular weight excluding hydrogens is 538 g/mol. The highest BCUT2D eigenvalue weighted by atomic mass is 32.2. The molecule has 1 aromatic heterocycles. The molecule has 1 N–H and O–H groups in total. The van der Waals surface area contributed by atoms with Crippen LogP contribution in [0.4, 0.5) is 11.4 Å². The third-order valence-electron chi connectivity index (χ3n) is 6.85. The molecule has 2 aliphatic heterocycles. The molecule has 3 aromatic carbocycles. The van der Waals surface area contributed by atoms with Gasteiger partial charge in [0.15, 0.2) is 0 Å². The number of carbonyl (C=O) groups excluding carboxylic acids is 2. The predicted octanol–water partition coefficient (Wildman–Crippen LogP) is 5.03. The molecule has 1 saturated heterocycles. The first-order chi connectivity index (χ1) is 18.8. The van der Waals surface area contributed by atoms with E-state index in [4.69, 9.17) is 4.74 Å². The van der Waals surface area contributed by atoms with E-state index in [0.717, 1.165) is 34.2 Å². The monoisotopic (exact) mass is 559 g/mol. The molecule has 0 unspecified atom stereocenters. The summed E-state index contributed by atoms with van der Waals surface area (Å²) in [5, 5.41) is 11.4. The maximum Gasteiger partial charge on any atom is 0.305 e. The lowest BCUT2D eigenvalue weighted by atomic mass is 9.82. The van der Waals surface area contributed by atoms with Gasteiger partial charge >= 0.3 is 4.87 Å². The molecule has 9 nitrogen and oxygen atoms in total. The number of nitrogens with zero attached hydrogens (tertiary/aromatic N) is 2. The fourth-order valence-electron chi connectivity index (χ4n) is 5.17. The highest BCUT2D eigenvalue weighted by Crippen LogP contribution is 2.55. The number of aromatic nitrogens is 1. The molecule has 4 aromatic rings. The van der Waals surface area contributed by atoms with Gasteiger partial charge in [0.05, 0.1) is 21.6 Å². The van der Waals surface area contributed by atoms with Crippen LogP contribution < -0.4 is 14.5 Å². The molecule has 0 bridgehead atoms. The first-order valence-electron chi connectivity index (χ1n) is 12.1. The average molecular weight is 560 g/mol. The molecule has 196 valence electrons. The van der Waals surface area contributed by atoms with Crippen molar-refractivity contribution in [1.29, 1.82) is 0 Å². The lowest BCUT2D eigenvalue weighted by molar-refractivity contribution is -0.385. The molecule has 0 radical (unpaired) electrons. The first kappa shape index (κ1) is 25.1. The summed E-state index contributed by atoms with van der Waals surface area (Å²) in [5.74, 6) is -2.14. The van der Waals surface area contributed by atoms with E-state index in [0.29, 0.717) is 26.9 Å². The van der Waals surface area contributed by atoms with Crippen LogP contribution in [0.25, 0.3) is 0 Å². The number of hydrogen-bond acceptors (Lipinski definition) is 8. The summed E-state index contributed by atoms with van der Waals surface area (Å²) in [4.78, 5) is 55.4. The lowest BCUT2D eigenvalue weighted by Crippen LogP contribution is -2.32. The van der Waals surface area contributed by atoms with E-state index < -0.39 is 33.8 Å². The smallest absolute Gasteiger partial charge is 0.305 e. The molecule has 11 heteroatoms. The number of imide groups is 1. The number of hydrogen-bond donors (Lipinski definition) is 1. The van der Waals surface area contributed by atoms with E-state index in [-0.39, 0.29) is 17.2 Å². The van der Waals surface area contributed by atoms with Gasteiger partial charge in [-0.3, -0.25) is 24.5 Å². The number of H-pyrrole nitrogens is 1. The Morgan fingerprint density at radius 3 is 2.54 bits per heavy atom. The van der Waals surface area contributed by atoms with E-state index in [2.05, 4.69) is 4.98 Å². The number of aromatic amines is 1. The predicted molar refractivity (Wildman–Crippen MR) is 147 cm³/mol. The van der Waals surface area contributed by atoms with Crippen LogP contribution in [0.1, 0.15) is 27.5 Å². The Morgan fingerprint density at radius 2 is 1.79 bits per heavy atom. The molecule has 0 aliphatic carbocycles. The molecule has 3 atom stereocenters. The Kier molecular flexibility index (Phi) is 6.32. The van der Waals surface area contributed by atoms with Gasteiger partial charge in [-0.05, 0) is 30.7 Å². The average Bonchev–Trinajstić information content (AvgIpc) is 3.42. The third-order valence-corrected chi connectivity index (χ3v) is 9.26. The standard InChI is InChI=1S/C28H21N3O6S2/c1-15-6-5-7-16(12-15)14-37-20-11-10-18(31(35)36)13-19(20)21-22-24(38-25-23(21)39-28(34)29-25)27(33)30(26(22)32)17-8-3-2-4-9-17/h2-13,21-22,24H,14H2,1H3,(H,29,34)/t21-,22-,24+/m0/s1. The summed E-state index contributed by atoms with van der Waals surface area (Å²) in [6, 6.07) is 20.7. The number of aryl methyl sites for hydroxylation is 1. The van der Waals surface area contributed by atoms with E-state index in [9.17, 15) is 24.5 Å². The van der Waals surface area contributed by atoms with Gasteiger partial charge in [-0.1, -0.05) is 71.1 Å². The van der Waals surface area contributed by atoms with Crippen LogP contribution in [0, 0.1) is 23.0 Å². The molecule has 0 saturated carbocycles. The fraction of sp³-hybridized carbons (Fsp3) is 0.179. The number of thioether (sulfide) groups is 1. The largest absolute Gasteiger partial charge is 0.489 e. The summed E-state index contributed by atoms with van der Waals surface area (Å²) < 4.78 is 6.19.